The van der Waals surface area contributed by atoms with Gasteiger partial charge >= 0.3 is 0 Å². The zero-order chi connectivity index (χ0) is 24.9. The molecule has 5 heterocycles. The average molecular weight is 488 g/mol. The van der Waals surface area contributed by atoms with Crippen molar-refractivity contribution in [3.05, 3.63) is 41.7 Å². The Morgan fingerprint density at radius 3 is 2.58 bits per heavy atom. The van der Waals surface area contributed by atoms with Crippen molar-refractivity contribution in [1.29, 1.82) is 0 Å². The van der Waals surface area contributed by atoms with Gasteiger partial charge in [0.05, 0.1) is 6.42 Å². The van der Waals surface area contributed by atoms with Crippen LogP contribution in [-0.2, 0) is 16.0 Å². The Labute approximate surface area is 211 Å². The number of imide groups is 1. The molecule has 188 valence electrons. The lowest BCUT2D eigenvalue weighted by Crippen LogP contribution is -2.56. The highest BCUT2D eigenvalue weighted by molar-refractivity contribution is 6.11. The highest BCUT2D eigenvalue weighted by Gasteiger charge is 2.58. The maximum Gasteiger partial charge on any atom is 0.253 e. The predicted molar refractivity (Wildman–Crippen MR) is 138 cm³/mol. The van der Waals surface area contributed by atoms with Gasteiger partial charge in [-0.25, -0.2) is 9.97 Å². The topological polar surface area (TPSA) is 103 Å². The molecule has 1 aliphatic carbocycles. The Bertz CT molecular complexity index is 1220. The van der Waals surface area contributed by atoms with Crippen LogP contribution in [0.5, 0.6) is 0 Å². The van der Waals surface area contributed by atoms with E-state index < -0.39 is 5.54 Å². The summed E-state index contributed by atoms with van der Waals surface area (Å²) in [7, 11) is 0. The molecule has 6 rings (SSSR count). The number of nitrogens with one attached hydrogen (secondary N) is 2. The van der Waals surface area contributed by atoms with Gasteiger partial charge in [0.1, 0.15) is 17.2 Å². The minimum Gasteiger partial charge on any atom is -0.338 e. The maximum absolute atomic E-state index is 13.0. The van der Waals surface area contributed by atoms with E-state index in [2.05, 4.69) is 56.4 Å². The number of hydrogen-bond donors (Lipinski definition) is 2. The molecule has 2 aromatic heterocycles. The third kappa shape index (κ3) is 3.95. The van der Waals surface area contributed by atoms with Gasteiger partial charge in [-0.3, -0.25) is 19.8 Å². The van der Waals surface area contributed by atoms with E-state index in [0.717, 1.165) is 62.1 Å². The Morgan fingerprint density at radius 2 is 1.94 bits per heavy atom. The summed E-state index contributed by atoms with van der Waals surface area (Å²) < 4.78 is 0. The smallest absolute Gasteiger partial charge is 0.253 e. The lowest BCUT2D eigenvalue weighted by Gasteiger charge is -2.38. The Kier molecular flexibility index (Phi) is 5.75. The van der Waals surface area contributed by atoms with Crippen molar-refractivity contribution in [2.24, 2.45) is 0 Å². The van der Waals surface area contributed by atoms with Crippen molar-refractivity contribution < 1.29 is 9.59 Å². The summed E-state index contributed by atoms with van der Waals surface area (Å²) in [5.41, 5.74) is 2.52. The van der Waals surface area contributed by atoms with Crippen LogP contribution in [0, 0.1) is 0 Å². The number of pyridine rings is 1. The third-order valence-corrected chi connectivity index (χ3v) is 8.18. The van der Waals surface area contributed by atoms with Gasteiger partial charge in [0.15, 0.2) is 0 Å². The van der Waals surface area contributed by atoms with Crippen molar-refractivity contribution in [3.8, 4) is 0 Å². The maximum atomic E-state index is 13.0. The molecule has 2 aromatic rings. The number of carbonyl (C=O) groups is 2. The molecule has 1 atom stereocenters. The average Bonchev–Trinajstić information content (AvgIpc) is 3.57. The summed E-state index contributed by atoms with van der Waals surface area (Å²) in [4.78, 5) is 43.8. The first kappa shape index (κ1) is 23.1. The number of rotatable bonds is 5. The summed E-state index contributed by atoms with van der Waals surface area (Å²) in [6.45, 7) is 6.50. The number of fused-ring (bicyclic) bond motifs is 1. The Balaban J connectivity index is 1.23. The van der Waals surface area contributed by atoms with Crippen molar-refractivity contribution >= 4 is 35.0 Å². The third-order valence-electron chi connectivity index (χ3n) is 8.18. The molecule has 1 saturated heterocycles. The highest BCUT2D eigenvalue weighted by atomic mass is 16.2. The lowest BCUT2D eigenvalue weighted by atomic mass is 9.91. The number of hydrogen-bond acceptors (Lipinski definition) is 8. The van der Waals surface area contributed by atoms with Crippen LogP contribution in [0.15, 0.2) is 30.6 Å². The van der Waals surface area contributed by atoms with E-state index in [-0.39, 0.29) is 24.3 Å². The van der Waals surface area contributed by atoms with Gasteiger partial charge in [-0.2, -0.15) is 4.98 Å². The molecule has 2 N–H and O–H groups in total. The van der Waals surface area contributed by atoms with Crippen LogP contribution in [0.4, 0.5) is 17.6 Å². The van der Waals surface area contributed by atoms with Gasteiger partial charge < -0.3 is 10.2 Å². The molecular weight excluding hydrogens is 454 g/mol. The molecular formula is C27H33N7O2. The van der Waals surface area contributed by atoms with Crippen LogP contribution in [0.3, 0.4) is 0 Å². The summed E-state index contributed by atoms with van der Waals surface area (Å²) in [5, 5.41) is 5.77. The number of nitrogens with zero attached hydrogens (tertiary/aromatic N) is 5. The van der Waals surface area contributed by atoms with Crippen LogP contribution in [0.25, 0.3) is 5.57 Å². The number of aromatic nitrogens is 3. The number of anilines is 3. The van der Waals surface area contributed by atoms with Crippen LogP contribution >= 0.6 is 0 Å². The molecule has 1 saturated carbocycles. The molecule has 0 bridgehead atoms. The van der Waals surface area contributed by atoms with E-state index in [9.17, 15) is 9.59 Å². The van der Waals surface area contributed by atoms with Gasteiger partial charge in [-0.1, -0.05) is 18.9 Å². The zero-order valence-electron chi connectivity index (χ0n) is 21.0. The second kappa shape index (κ2) is 8.96. The van der Waals surface area contributed by atoms with Crippen molar-refractivity contribution in [1.82, 2.24) is 25.2 Å². The van der Waals surface area contributed by atoms with Crippen LogP contribution in [0.2, 0.25) is 0 Å². The van der Waals surface area contributed by atoms with E-state index in [1.807, 2.05) is 12.3 Å². The van der Waals surface area contributed by atoms with Crippen LogP contribution in [-0.4, -0.2) is 62.4 Å². The number of amides is 2. The summed E-state index contributed by atoms with van der Waals surface area (Å²) in [5.74, 6) is 1.47. The largest absolute Gasteiger partial charge is 0.338 e. The zero-order valence-corrected chi connectivity index (χ0v) is 21.0. The van der Waals surface area contributed by atoms with E-state index >= 15 is 0 Å². The van der Waals surface area contributed by atoms with Gasteiger partial charge in [-0.05, 0) is 56.4 Å². The standard InChI is InChI=1S/C27H33N7O2/c1-17(2)33-11-9-18(10-12-33)19-7-8-22(28-15-19)30-26-29-16-20-13-27(14-23(35)31-25(27)36)34(24(20)32-26)21-5-3-4-6-21/h7-9,15-17,21H,3-6,10-14H2,1-2H3,(H,31,35,36)(H,28,29,30,32). The van der Waals surface area contributed by atoms with Gasteiger partial charge in [-0.15, -0.1) is 0 Å². The minimum absolute atomic E-state index is 0.176. The molecule has 0 aromatic carbocycles. The molecule has 1 spiro atoms. The monoisotopic (exact) mass is 487 g/mol. The summed E-state index contributed by atoms with van der Waals surface area (Å²) >= 11 is 0. The molecule has 1 unspecified atom stereocenters. The van der Waals surface area contributed by atoms with Gasteiger partial charge in [0.2, 0.25) is 11.9 Å². The second-order valence-corrected chi connectivity index (χ2v) is 10.7. The first-order valence-corrected chi connectivity index (χ1v) is 13.1. The molecule has 36 heavy (non-hydrogen) atoms. The van der Waals surface area contributed by atoms with Crippen LogP contribution in [0.1, 0.15) is 63.5 Å². The van der Waals surface area contributed by atoms with Crippen molar-refractivity contribution in [2.45, 2.75) is 76.4 Å². The first-order valence-electron chi connectivity index (χ1n) is 13.1. The Hall–Kier alpha value is -3.33. The predicted octanol–water partition coefficient (Wildman–Crippen LogP) is 3.20. The summed E-state index contributed by atoms with van der Waals surface area (Å²) in [6.07, 6.45) is 11.9. The molecule has 0 radical (unpaired) electrons. The molecule has 3 aliphatic heterocycles. The van der Waals surface area contributed by atoms with Gasteiger partial charge in [0, 0.05) is 49.6 Å². The van der Waals surface area contributed by atoms with E-state index in [0.29, 0.717) is 24.2 Å². The van der Waals surface area contributed by atoms with E-state index in [1.54, 1.807) is 6.20 Å². The SMILES string of the molecule is CC(C)N1CC=C(c2ccc(Nc3ncc4c(n3)N(C3CCCC3)C3(CC(=O)NC3=O)C4)nc2)CC1. The number of carbonyl (C=O) groups excluding carboxylic acids is 2. The lowest BCUT2D eigenvalue weighted by molar-refractivity contribution is -0.126. The van der Waals surface area contributed by atoms with E-state index in [4.69, 9.17) is 4.98 Å². The quantitative estimate of drug-likeness (QED) is 0.620. The fraction of sp³-hybridized carbons (Fsp3) is 0.519. The second-order valence-electron chi connectivity index (χ2n) is 10.7. The fourth-order valence-corrected chi connectivity index (χ4v) is 6.24. The van der Waals surface area contributed by atoms with Gasteiger partial charge in [0.25, 0.3) is 5.91 Å². The molecule has 2 amide bonds. The summed E-state index contributed by atoms with van der Waals surface area (Å²) in [6, 6.07) is 4.82. The molecule has 2 fully saturated rings. The van der Waals surface area contributed by atoms with Crippen molar-refractivity contribution in [3.63, 3.8) is 0 Å². The molecule has 9 nitrogen and oxygen atoms in total. The molecule has 4 aliphatic rings. The normalized spacial score (nSPS) is 24.5. The van der Waals surface area contributed by atoms with E-state index in [1.165, 1.54) is 5.57 Å². The molecule has 9 heteroatoms. The fourth-order valence-electron chi connectivity index (χ4n) is 6.24. The Morgan fingerprint density at radius 1 is 1.11 bits per heavy atom. The minimum atomic E-state index is -0.875. The highest BCUT2D eigenvalue weighted by Crippen LogP contribution is 2.46. The van der Waals surface area contributed by atoms with Crippen molar-refractivity contribution in [2.75, 3.05) is 23.3 Å². The first-order chi connectivity index (χ1) is 17.4. The van der Waals surface area contributed by atoms with Crippen LogP contribution < -0.4 is 15.5 Å².